The van der Waals surface area contributed by atoms with Crippen LogP contribution in [0, 0.1) is 15.9 Å². The van der Waals surface area contributed by atoms with Gasteiger partial charge in [-0.25, -0.2) is 4.39 Å². The third-order valence-electron chi connectivity index (χ3n) is 7.16. The number of amides is 2. The molecule has 2 aromatic rings. The van der Waals surface area contributed by atoms with Gasteiger partial charge in [0, 0.05) is 23.9 Å². The van der Waals surface area contributed by atoms with Crippen molar-refractivity contribution < 1.29 is 23.6 Å². The average molecular weight is 510 g/mol. The Bertz CT molecular complexity index is 1190. The first-order valence-electron chi connectivity index (χ1n) is 12.7. The van der Waals surface area contributed by atoms with Crippen molar-refractivity contribution in [3.8, 4) is 5.75 Å². The molecule has 0 aromatic heterocycles. The molecule has 1 aliphatic heterocycles. The van der Waals surface area contributed by atoms with E-state index in [0.29, 0.717) is 35.4 Å². The standard InChI is InChI=1S/C28H32FN3O5/c1-3-18(2)26(27(33)30-21-7-5-4-6-8-21)31(22-11-13-23(14-12-22)32(35)36)28(34)25-15-9-19-17-20(29)10-16-24(19)37-25/h3,10-14,16-17,21,25-26H,4-9,15H2,1-2H3,(H,30,33)/b18-3+. The van der Waals surface area contributed by atoms with Crippen LogP contribution < -0.4 is 15.0 Å². The Hall–Kier alpha value is -3.75. The summed E-state index contributed by atoms with van der Waals surface area (Å²) in [5.41, 5.74) is 1.58. The van der Waals surface area contributed by atoms with Gasteiger partial charge in [0.25, 0.3) is 11.6 Å². The van der Waals surface area contributed by atoms with Gasteiger partial charge < -0.3 is 10.1 Å². The Kier molecular flexibility index (Phi) is 8.21. The summed E-state index contributed by atoms with van der Waals surface area (Å²) < 4.78 is 19.7. The van der Waals surface area contributed by atoms with Gasteiger partial charge in [0.05, 0.1) is 4.92 Å². The lowest BCUT2D eigenvalue weighted by Crippen LogP contribution is -2.56. The second-order valence-electron chi connectivity index (χ2n) is 9.66. The summed E-state index contributed by atoms with van der Waals surface area (Å²) in [6.45, 7) is 3.59. The zero-order valence-electron chi connectivity index (χ0n) is 21.1. The van der Waals surface area contributed by atoms with Crippen molar-refractivity contribution in [2.75, 3.05) is 4.90 Å². The highest BCUT2D eigenvalue weighted by atomic mass is 19.1. The average Bonchev–Trinajstić information content (AvgIpc) is 2.91. The SMILES string of the molecule is C/C=C(\C)C(C(=O)NC1CCCCC1)N(C(=O)C1CCc2cc(F)ccc2O1)c1ccc([N+](=O)[O-])cc1. The van der Waals surface area contributed by atoms with E-state index in [0.717, 1.165) is 32.1 Å². The van der Waals surface area contributed by atoms with E-state index < -0.39 is 23.0 Å². The first kappa shape index (κ1) is 26.3. The van der Waals surface area contributed by atoms with Crippen LogP contribution in [0.1, 0.15) is 57.9 Å². The molecule has 0 spiro atoms. The second-order valence-corrected chi connectivity index (χ2v) is 9.66. The van der Waals surface area contributed by atoms with Crippen molar-refractivity contribution in [2.45, 2.75) is 77.0 Å². The van der Waals surface area contributed by atoms with Crippen molar-refractivity contribution >= 4 is 23.2 Å². The van der Waals surface area contributed by atoms with E-state index in [1.165, 1.54) is 47.4 Å². The summed E-state index contributed by atoms with van der Waals surface area (Å²) >= 11 is 0. The number of fused-ring (bicyclic) bond motifs is 1. The number of aryl methyl sites for hydroxylation is 1. The third-order valence-corrected chi connectivity index (χ3v) is 7.16. The highest BCUT2D eigenvalue weighted by Gasteiger charge is 2.39. The first-order valence-corrected chi connectivity index (χ1v) is 12.7. The summed E-state index contributed by atoms with van der Waals surface area (Å²) in [6.07, 6.45) is 6.64. The molecular weight excluding hydrogens is 477 g/mol. The Morgan fingerprint density at radius 2 is 1.84 bits per heavy atom. The number of hydrogen-bond acceptors (Lipinski definition) is 5. The number of rotatable bonds is 7. The normalized spacial score (nSPS) is 18.8. The quantitative estimate of drug-likeness (QED) is 0.312. The Morgan fingerprint density at radius 3 is 2.49 bits per heavy atom. The number of carbonyl (C=O) groups excluding carboxylic acids is 2. The number of nitrogens with one attached hydrogen (secondary N) is 1. The Labute approximate surface area is 215 Å². The maximum Gasteiger partial charge on any atom is 0.269 e. The van der Waals surface area contributed by atoms with E-state index in [1.807, 2.05) is 0 Å². The van der Waals surface area contributed by atoms with Crippen LogP contribution >= 0.6 is 0 Å². The molecule has 0 saturated heterocycles. The van der Waals surface area contributed by atoms with E-state index in [1.54, 1.807) is 19.9 Å². The number of allylic oxidation sites excluding steroid dienone is 1. The van der Waals surface area contributed by atoms with Crippen LogP contribution in [0.5, 0.6) is 5.75 Å². The number of carbonyl (C=O) groups is 2. The molecular formula is C28H32FN3O5. The van der Waals surface area contributed by atoms with E-state index in [2.05, 4.69) is 5.32 Å². The topological polar surface area (TPSA) is 102 Å². The summed E-state index contributed by atoms with van der Waals surface area (Å²) in [6, 6.07) is 8.85. The maximum absolute atomic E-state index is 14.0. The van der Waals surface area contributed by atoms with E-state index in [9.17, 15) is 24.1 Å². The van der Waals surface area contributed by atoms with Crippen molar-refractivity contribution in [2.24, 2.45) is 0 Å². The van der Waals surface area contributed by atoms with E-state index >= 15 is 0 Å². The molecule has 1 fully saturated rings. The molecule has 1 saturated carbocycles. The number of anilines is 1. The van der Waals surface area contributed by atoms with Crippen LogP contribution in [0.15, 0.2) is 54.1 Å². The van der Waals surface area contributed by atoms with Gasteiger partial charge in [-0.05, 0) is 81.0 Å². The van der Waals surface area contributed by atoms with Crippen LogP contribution in [-0.4, -0.2) is 34.9 Å². The summed E-state index contributed by atoms with van der Waals surface area (Å²) in [4.78, 5) is 39.8. The van der Waals surface area contributed by atoms with Crippen LogP contribution in [0.3, 0.4) is 0 Å². The molecule has 2 aromatic carbocycles. The van der Waals surface area contributed by atoms with Gasteiger partial charge in [-0.15, -0.1) is 0 Å². The molecule has 1 N–H and O–H groups in total. The molecule has 2 unspecified atom stereocenters. The van der Waals surface area contributed by atoms with Gasteiger partial charge in [0.2, 0.25) is 5.91 Å². The second kappa shape index (κ2) is 11.5. The fraction of sp³-hybridized carbons (Fsp3) is 0.429. The molecule has 0 bridgehead atoms. The smallest absolute Gasteiger partial charge is 0.269 e. The minimum atomic E-state index is -0.959. The van der Waals surface area contributed by atoms with Crippen molar-refractivity contribution in [3.05, 3.63) is 75.6 Å². The summed E-state index contributed by atoms with van der Waals surface area (Å²) in [5.74, 6) is -0.676. The van der Waals surface area contributed by atoms with Crippen LogP contribution in [0.4, 0.5) is 15.8 Å². The number of hydrogen-bond donors (Lipinski definition) is 1. The molecule has 0 radical (unpaired) electrons. The molecule has 2 atom stereocenters. The van der Waals surface area contributed by atoms with Gasteiger partial charge in [-0.2, -0.15) is 0 Å². The number of nitro groups is 1. The Morgan fingerprint density at radius 1 is 1.14 bits per heavy atom. The van der Waals surface area contributed by atoms with E-state index in [4.69, 9.17) is 4.74 Å². The number of benzene rings is 2. The van der Waals surface area contributed by atoms with Crippen molar-refractivity contribution in [1.29, 1.82) is 0 Å². The largest absolute Gasteiger partial charge is 0.480 e. The fourth-order valence-electron chi connectivity index (χ4n) is 5.04. The van der Waals surface area contributed by atoms with Crippen molar-refractivity contribution in [1.82, 2.24) is 5.32 Å². The molecule has 2 aliphatic rings. The van der Waals surface area contributed by atoms with E-state index in [-0.39, 0.29) is 23.5 Å². The predicted molar refractivity (Wildman–Crippen MR) is 138 cm³/mol. The van der Waals surface area contributed by atoms with Gasteiger partial charge in [-0.3, -0.25) is 24.6 Å². The zero-order valence-corrected chi connectivity index (χ0v) is 21.1. The highest BCUT2D eigenvalue weighted by Crippen LogP contribution is 2.32. The van der Waals surface area contributed by atoms with Gasteiger partial charge in [0.1, 0.15) is 17.6 Å². The van der Waals surface area contributed by atoms with Gasteiger partial charge >= 0.3 is 0 Å². The van der Waals surface area contributed by atoms with Gasteiger partial charge in [-0.1, -0.05) is 25.3 Å². The van der Waals surface area contributed by atoms with Crippen LogP contribution in [0.25, 0.3) is 0 Å². The molecule has 1 heterocycles. The molecule has 9 heteroatoms. The van der Waals surface area contributed by atoms with Crippen LogP contribution in [-0.2, 0) is 16.0 Å². The zero-order chi connectivity index (χ0) is 26.5. The lowest BCUT2D eigenvalue weighted by molar-refractivity contribution is -0.384. The minimum Gasteiger partial charge on any atom is -0.480 e. The highest BCUT2D eigenvalue weighted by molar-refractivity contribution is 6.04. The summed E-state index contributed by atoms with van der Waals surface area (Å²) in [7, 11) is 0. The molecule has 1 aliphatic carbocycles. The number of halogens is 1. The molecule has 8 nitrogen and oxygen atoms in total. The Balaban J connectivity index is 1.70. The molecule has 37 heavy (non-hydrogen) atoms. The third kappa shape index (κ3) is 5.98. The number of ether oxygens (including phenoxy) is 1. The number of nitrogens with zero attached hydrogens (tertiary/aromatic N) is 2. The monoisotopic (exact) mass is 509 g/mol. The molecule has 4 rings (SSSR count). The first-order chi connectivity index (χ1) is 17.8. The lowest BCUT2D eigenvalue weighted by atomic mass is 9.94. The molecule has 196 valence electrons. The minimum absolute atomic E-state index is 0.0370. The van der Waals surface area contributed by atoms with Crippen LogP contribution in [0.2, 0.25) is 0 Å². The van der Waals surface area contributed by atoms with Gasteiger partial charge in [0.15, 0.2) is 6.10 Å². The molecule has 2 amide bonds. The van der Waals surface area contributed by atoms with Crippen molar-refractivity contribution in [3.63, 3.8) is 0 Å². The fourth-order valence-corrected chi connectivity index (χ4v) is 5.04. The maximum atomic E-state index is 14.0. The predicted octanol–water partition coefficient (Wildman–Crippen LogP) is 5.24. The number of nitro benzene ring substituents is 1. The lowest BCUT2D eigenvalue weighted by Gasteiger charge is -2.36. The summed E-state index contributed by atoms with van der Waals surface area (Å²) in [5, 5.41) is 14.4. The number of non-ortho nitro benzene ring substituents is 1.